The SMILES string of the molecule is CC(C)(C)c1ccc(N2c3ccc(-c4ccccc4)cc3B3c4cc(-c5cccc(-n6c7ccccc7c7ccc8c9ccccc9oc8c76)n5)ccc4N(c4ccccc4-c4ccccc4)c4cccc2c43)c(-c2ccccc2)c1. The Kier molecular flexibility index (Phi) is 10.5. The molecule has 81 heavy (non-hydrogen) atoms. The first-order valence-electron chi connectivity index (χ1n) is 28.1. The van der Waals surface area contributed by atoms with Gasteiger partial charge >= 0.3 is 0 Å². The van der Waals surface area contributed by atoms with Gasteiger partial charge in [-0.25, -0.2) is 4.98 Å². The Labute approximate surface area is 471 Å². The number of furan rings is 1. The lowest BCUT2D eigenvalue weighted by molar-refractivity contribution is 0.590. The van der Waals surface area contributed by atoms with Crippen LogP contribution in [0.15, 0.2) is 271 Å². The van der Waals surface area contributed by atoms with Crippen molar-refractivity contribution in [2.45, 2.75) is 26.2 Å². The molecule has 0 aliphatic carbocycles. The lowest BCUT2D eigenvalue weighted by Crippen LogP contribution is -2.61. The van der Waals surface area contributed by atoms with E-state index in [2.05, 4.69) is 296 Å². The minimum Gasteiger partial charge on any atom is -0.454 e. The third-order valence-corrected chi connectivity index (χ3v) is 17.0. The second kappa shape index (κ2) is 18.2. The average molecular weight is 1040 g/mol. The largest absolute Gasteiger partial charge is 0.454 e. The van der Waals surface area contributed by atoms with Gasteiger partial charge in [0.05, 0.1) is 28.1 Å². The van der Waals surface area contributed by atoms with Crippen LogP contribution in [-0.4, -0.2) is 16.3 Å². The molecule has 16 rings (SSSR count). The molecule has 3 aromatic heterocycles. The molecule has 6 heteroatoms. The molecular formula is C75H53BN4O. The van der Waals surface area contributed by atoms with Crippen LogP contribution in [0.4, 0.5) is 34.1 Å². The summed E-state index contributed by atoms with van der Waals surface area (Å²) < 4.78 is 9.08. The number of hydrogen-bond donors (Lipinski definition) is 0. The molecule has 0 spiro atoms. The van der Waals surface area contributed by atoms with Crippen LogP contribution in [0.1, 0.15) is 26.3 Å². The Morgan fingerprint density at radius 1 is 0.383 bits per heavy atom. The number of para-hydroxylation sites is 3. The number of anilines is 6. The summed E-state index contributed by atoms with van der Waals surface area (Å²) in [6.07, 6.45) is 0. The minimum absolute atomic E-state index is 0.0591. The van der Waals surface area contributed by atoms with Gasteiger partial charge in [-0.3, -0.25) is 4.57 Å². The maximum Gasteiger partial charge on any atom is 0.252 e. The lowest BCUT2D eigenvalue weighted by atomic mass is 9.33. The van der Waals surface area contributed by atoms with Crippen molar-refractivity contribution in [1.29, 1.82) is 0 Å². The fraction of sp³-hybridized carbons (Fsp3) is 0.0533. The van der Waals surface area contributed by atoms with E-state index in [1.54, 1.807) is 0 Å². The predicted octanol–water partition coefficient (Wildman–Crippen LogP) is 18.1. The molecule has 0 bridgehead atoms. The van der Waals surface area contributed by atoms with Crippen molar-refractivity contribution in [1.82, 2.24) is 9.55 Å². The fourth-order valence-electron chi connectivity index (χ4n) is 13.2. The van der Waals surface area contributed by atoms with E-state index in [0.717, 1.165) is 106 Å². The van der Waals surface area contributed by atoms with E-state index in [1.165, 1.54) is 44.2 Å². The first-order valence-corrected chi connectivity index (χ1v) is 28.1. The molecule has 14 aromatic rings. The standard InChI is InChI=1S/C75H53BN4O/c1-75(2,3)53-39-44-65(59(47-53)50-25-11-6-12-26-50)79-66-42-37-51(48-21-7-4-8-22-48)45-60(66)76-61-46-52(38-43-67(61)78(68-33-20-34-69(79)72(68)76)63-31-16-13-27-54(63)49-23-9-5-10-24-49)62-30-19-36-71(77-62)80-64-32-17-14-28-55(64)57-40-41-58-56-29-15-18-35-70(56)81-74(58)73(57)80/h4-47H,1-3H3. The van der Waals surface area contributed by atoms with Gasteiger partial charge in [-0.15, -0.1) is 0 Å². The van der Waals surface area contributed by atoms with Crippen molar-refractivity contribution in [3.05, 3.63) is 272 Å². The molecule has 2 aliphatic rings. The average Bonchev–Trinajstić information content (AvgIpc) is 4.31. The topological polar surface area (TPSA) is 37.4 Å². The summed E-state index contributed by atoms with van der Waals surface area (Å²) in [7, 11) is 0. The molecule has 0 unspecified atom stereocenters. The lowest BCUT2D eigenvalue weighted by Gasteiger charge is -2.45. The smallest absolute Gasteiger partial charge is 0.252 e. The highest BCUT2D eigenvalue weighted by atomic mass is 16.3. The van der Waals surface area contributed by atoms with Gasteiger partial charge in [0.1, 0.15) is 11.4 Å². The normalized spacial score (nSPS) is 12.8. The number of rotatable bonds is 7. The summed E-state index contributed by atoms with van der Waals surface area (Å²) in [6.45, 7) is 6.76. The van der Waals surface area contributed by atoms with E-state index >= 15 is 0 Å². The monoisotopic (exact) mass is 1040 g/mol. The van der Waals surface area contributed by atoms with Crippen molar-refractivity contribution in [2.75, 3.05) is 9.80 Å². The third kappa shape index (κ3) is 7.37. The van der Waals surface area contributed by atoms with Crippen molar-refractivity contribution >= 4 is 101 Å². The highest BCUT2D eigenvalue weighted by Gasteiger charge is 2.44. The number of pyridine rings is 1. The van der Waals surface area contributed by atoms with Gasteiger partial charge in [0.2, 0.25) is 0 Å². The summed E-state index contributed by atoms with van der Waals surface area (Å²) in [5.41, 5.74) is 24.6. The van der Waals surface area contributed by atoms with E-state index in [4.69, 9.17) is 9.40 Å². The van der Waals surface area contributed by atoms with Gasteiger partial charge in [-0.1, -0.05) is 215 Å². The zero-order valence-corrected chi connectivity index (χ0v) is 45.2. The zero-order chi connectivity index (χ0) is 53.9. The second-order valence-electron chi connectivity index (χ2n) is 22.6. The molecule has 0 amide bonds. The summed E-state index contributed by atoms with van der Waals surface area (Å²) in [5, 5.41) is 4.48. The molecule has 0 saturated heterocycles. The molecule has 0 fully saturated rings. The Hall–Kier alpha value is -10.2. The van der Waals surface area contributed by atoms with Crippen LogP contribution in [0.3, 0.4) is 0 Å². The molecule has 2 aliphatic heterocycles. The number of fused-ring (bicyclic) bond motifs is 11. The first-order chi connectivity index (χ1) is 39.8. The van der Waals surface area contributed by atoms with E-state index in [1.807, 2.05) is 6.07 Å². The molecule has 0 N–H and O–H groups in total. The van der Waals surface area contributed by atoms with Gasteiger partial charge in [-0.2, -0.15) is 0 Å². The van der Waals surface area contributed by atoms with Crippen LogP contribution in [0.5, 0.6) is 0 Å². The van der Waals surface area contributed by atoms with Crippen molar-refractivity contribution < 1.29 is 4.42 Å². The summed E-state index contributed by atoms with van der Waals surface area (Å²) in [5.74, 6) is 0.827. The van der Waals surface area contributed by atoms with Gasteiger partial charge in [-0.05, 0) is 128 Å². The van der Waals surface area contributed by atoms with Crippen molar-refractivity contribution in [2.24, 2.45) is 0 Å². The van der Waals surface area contributed by atoms with Crippen LogP contribution in [-0.2, 0) is 5.41 Å². The zero-order valence-electron chi connectivity index (χ0n) is 45.2. The van der Waals surface area contributed by atoms with Crippen LogP contribution in [0.25, 0.3) is 94.2 Å². The number of aromatic nitrogens is 2. The van der Waals surface area contributed by atoms with Crippen LogP contribution < -0.4 is 26.2 Å². The van der Waals surface area contributed by atoms with Gasteiger partial charge in [0, 0.05) is 55.4 Å². The Balaban J connectivity index is 0.958. The maximum atomic E-state index is 6.78. The quantitative estimate of drug-likeness (QED) is 0.149. The second-order valence-corrected chi connectivity index (χ2v) is 22.6. The molecule has 5 nitrogen and oxygen atoms in total. The maximum absolute atomic E-state index is 6.78. The van der Waals surface area contributed by atoms with Gasteiger partial charge in [0.15, 0.2) is 5.58 Å². The molecule has 0 saturated carbocycles. The molecule has 0 atom stereocenters. The number of nitrogens with zero attached hydrogens (tertiary/aromatic N) is 4. The van der Waals surface area contributed by atoms with Crippen LogP contribution in [0.2, 0.25) is 0 Å². The predicted molar refractivity (Wildman–Crippen MR) is 340 cm³/mol. The summed E-state index contributed by atoms with van der Waals surface area (Å²) in [6, 6.07) is 97.6. The first kappa shape index (κ1) is 46.9. The molecule has 5 heterocycles. The fourth-order valence-corrected chi connectivity index (χ4v) is 13.2. The Morgan fingerprint density at radius 2 is 0.938 bits per heavy atom. The van der Waals surface area contributed by atoms with E-state index in [-0.39, 0.29) is 12.1 Å². The third-order valence-electron chi connectivity index (χ3n) is 17.0. The number of benzene rings is 11. The molecule has 382 valence electrons. The minimum atomic E-state index is -0.155. The van der Waals surface area contributed by atoms with Crippen LogP contribution >= 0.6 is 0 Å². The number of hydrogen-bond acceptors (Lipinski definition) is 4. The van der Waals surface area contributed by atoms with Crippen LogP contribution in [0, 0.1) is 0 Å². The van der Waals surface area contributed by atoms with Gasteiger partial charge in [0.25, 0.3) is 6.71 Å². The molecule has 11 aromatic carbocycles. The van der Waals surface area contributed by atoms with E-state index in [9.17, 15) is 0 Å². The summed E-state index contributed by atoms with van der Waals surface area (Å²) >= 11 is 0. The summed E-state index contributed by atoms with van der Waals surface area (Å²) in [4.78, 5) is 10.8. The molecular weight excluding hydrogens is 984 g/mol. The van der Waals surface area contributed by atoms with Gasteiger partial charge < -0.3 is 14.2 Å². The Morgan fingerprint density at radius 3 is 1.67 bits per heavy atom. The van der Waals surface area contributed by atoms with Crippen molar-refractivity contribution in [3.8, 4) is 50.5 Å². The van der Waals surface area contributed by atoms with Crippen molar-refractivity contribution in [3.63, 3.8) is 0 Å². The van der Waals surface area contributed by atoms with E-state index in [0.29, 0.717) is 0 Å². The highest BCUT2D eigenvalue weighted by molar-refractivity contribution is 7.00. The highest BCUT2D eigenvalue weighted by Crippen LogP contribution is 2.50. The molecule has 0 radical (unpaired) electrons. The van der Waals surface area contributed by atoms with E-state index < -0.39 is 0 Å². The Bertz CT molecular complexity index is 4820.